The molecule has 1 saturated heterocycles. The molecular formula is C26H19ClF2N2O5S. The van der Waals surface area contributed by atoms with Crippen LogP contribution in [0.1, 0.15) is 11.1 Å². The smallest absolute Gasteiger partial charge is 0.294 e. The molecule has 0 aromatic heterocycles. The van der Waals surface area contributed by atoms with Gasteiger partial charge < -0.3 is 14.8 Å². The third-order valence-corrected chi connectivity index (χ3v) is 6.33. The largest absolute Gasteiger partial charge is 0.493 e. The number of hydrogen-bond acceptors (Lipinski definition) is 6. The van der Waals surface area contributed by atoms with Crippen molar-refractivity contribution in [3.8, 4) is 11.5 Å². The summed E-state index contributed by atoms with van der Waals surface area (Å²) in [5.41, 5.74) is 1.22. The number of rotatable bonds is 8. The summed E-state index contributed by atoms with van der Waals surface area (Å²) in [6, 6.07) is 14.9. The third kappa shape index (κ3) is 6.46. The van der Waals surface area contributed by atoms with Gasteiger partial charge in [-0.15, -0.1) is 0 Å². The molecule has 0 aliphatic carbocycles. The molecule has 190 valence electrons. The summed E-state index contributed by atoms with van der Waals surface area (Å²) in [4.78, 5) is 38.3. The number of ether oxygens (including phenoxy) is 2. The predicted octanol–water partition coefficient (Wildman–Crippen LogP) is 5.88. The van der Waals surface area contributed by atoms with Crippen molar-refractivity contribution >= 4 is 52.2 Å². The van der Waals surface area contributed by atoms with E-state index < -0.39 is 35.2 Å². The van der Waals surface area contributed by atoms with Crippen LogP contribution >= 0.6 is 23.4 Å². The van der Waals surface area contributed by atoms with E-state index in [1.165, 1.54) is 13.2 Å². The fourth-order valence-corrected chi connectivity index (χ4v) is 4.31. The number of carbonyl (C=O) groups is 3. The molecule has 0 spiro atoms. The van der Waals surface area contributed by atoms with Gasteiger partial charge in [-0.2, -0.15) is 0 Å². The lowest BCUT2D eigenvalue weighted by molar-refractivity contribution is -0.127. The lowest BCUT2D eigenvalue weighted by atomic mass is 10.1. The Bertz CT molecular complexity index is 1400. The van der Waals surface area contributed by atoms with E-state index in [1.807, 2.05) is 12.1 Å². The maximum absolute atomic E-state index is 13.8. The minimum atomic E-state index is -0.975. The Balaban J connectivity index is 1.42. The number of carbonyl (C=O) groups excluding carboxylic acids is 3. The van der Waals surface area contributed by atoms with Crippen LogP contribution in [0, 0.1) is 11.6 Å². The van der Waals surface area contributed by atoms with E-state index in [0.717, 1.165) is 22.6 Å². The summed E-state index contributed by atoms with van der Waals surface area (Å²) >= 11 is 6.57. The van der Waals surface area contributed by atoms with Gasteiger partial charge >= 0.3 is 0 Å². The van der Waals surface area contributed by atoms with Gasteiger partial charge in [0.15, 0.2) is 11.5 Å². The second-order valence-corrected chi connectivity index (χ2v) is 9.20. The van der Waals surface area contributed by atoms with E-state index in [9.17, 15) is 23.2 Å². The van der Waals surface area contributed by atoms with E-state index >= 15 is 0 Å². The van der Waals surface area contributed by atoms with Gasteiger partial charge in [-0.25, -0.2) is 8.78 Å². The fourth-order valence-electron chi connectivity index (χ4n) is 3.35. The Labute approximate surface area is 220 Å². The van der Waals surface area contributed by atoms with Crippen LogP contribution in [0.15, 0.2) is 65.6 Å². The molecule has 1 aliphatic rings. The molecule has 3 aromatic rings. The lowest BCUT2D eigenvalue weighted by Crippen LogP contribution is -2.36. The summed E-state index contributed by atoms with van der Waals surface area (Å²) in [6.07, 6.45) is 1.49. The molecule has 7 nitrogen and oxygen atoms in total. The van der Waals surface area contributed by atoms with Crippen molar-refractivity contribution < 1.29 is 32.6 Å². The summed E-state index contributed by atoms with van der Waals surface area (Å²) < 4.78 is 38.1. The summed E-state index contributed by atoms with van der Waals surface area (Å²) in [5, 5.41) is 2.20. The van der Waals surface area contributed by atoms with Crippen LogP contribution in [-0.2, 0) is 16.2 Å². The van der Waals surface area contributed by atoms with Crippen LogP contribution in [-0.4, -0.2) is 35.6 Å². The van der Waals surface area contributed by atoms with Gasteiger partial charge in [-0.05, 0) is 65.4 Å². The van der Waals surface area contributed by atoms with Gasteiger partial charge in [0.25, 0.3) is 11.1 Å². The number of imide groups is 1. The molecule has 0 radical (unpaired) electrons. The summed E-state index contributed by atoms with van der Waals surface area (Å²) in [5.74, 6) is -2.36. The number of methoxy groups -OCH3 is 1. The van der Waals surface area contributed by atoms with E-state index in [1.54, 1.807) is 30.3 Å². The maximum Gasteiger partial charge on any atom is 0.294 e. The van der Waals surface area contributed by atoms with Crippen molar-refractivity contribution in [2.45, 2.75) is 6.61 Å². The zero-order valence-electron chi connectivity index (χ0n) is 19.3. The van der Waals surface area contributed by atoms with Crippen molar-refractivity contribution in [3.63, 3.8) is 0 Å². The normalized spacial score (nSPS) is 14.3. The van der Waals surface area contributed by atoms with Gasteiger partial charge in [0.2, 0.25) is 5.91 Å². The average Bonchev–Trinajstić information content (AvgIpc) is 3.13. The standard InChI is InChI=1S/C26H19ClF2N2O5S/c1-35-22-10-16(4-9-21(22)36-14-15-2-5-17(27)6-3-15)11-23-25(33)31(26(34)37-23)13-24(32)30-20-8-7-18(28)12-19(20)29/h2-12H,13-14H2,1H3,(H,30,32)/b23-11+. The minimum absolute atomic E-state index is 0.0997. The number of nitrogens with zero attached hydrogens (tertiary/aromatic N) is 1. The predicted molar refractivity (Wildman–Crippen MR) is 136 cm³/mol. The molecule has 0 saturated carbocycles. The quantitative estimate of drug-likeness (QED) is 0.356. The highest BCUT2D eigenvalue weighted by atomic mass is 35.5. The van der Waals surface area contributed by atoms with Crippen molar-refractivity contribution in [2.75, 3.05) is 19.0 Å². The second-order valence-electron chi connectivity index (χ2n) is 7.77. The molecule has 0 atom stereocenters. The molecule has 1 heterocycles. The first-order chi connectivity index (χ1) is 17.7. The average molecular weight is 545 g/mol. The van der Waals surface area contributed by atoms with Gasteiger partial charge in [0, 0.05) is 11.1 Å². The molecule has 0 unspecified atom stereocenters. The number of anilines is 1. The Morgan fingerprint density at radius 2 is 1.81 bits per heavy atom. The number of thioether (sulfide) groups is 1. The highest BCUT2D eigenvalue weighted by Gasteiger charge is 2.36. The minimum Gasteiger partial charge on any atom is -0.493 e. The summed E-state index contributed by atoms with van der Waals surface area (Å²) in [6.45, 7) is -0.338. The first kappa shape index (κ1) is 26.2. The highest BCUT2D eigenvalue weighted by Crippen LogP contribution is 2.35. The molecule has 0 bridgehead atoms. The van der Waals surface area contributed by atoms with Gasteiger partial charge in [0.05, 0.1) is 17.7 Å². The summed E-state index contributed by atoms with van der Waals surface area (Å²) in [7, 11) is 1.48. The first-order valence-electron chi connectivity index (χ1n) is 10.8. The number of nitrogens with one attached hydrogen (secondary N) is 1. The van der Waals surface area contributed by atoms with Gasteiger partial charge in [0.1, 0.15) is 24.8 Å². The van der Waals surface area contributed by atoms with Crippen molar-refractivity contribution in [1.29, 1.82) is 0 Å². The maximum atomic E-state index is 13.8. The Hall–Kier alpha value is -3.89. The van der Waals surface area contributed by atoms with Crippen LogP contribution in [0.4, 0.5) is 19.3 Å². The third-order valence-electron chi connectivity index (χ3n) is 5.17. The van der Waals surface area contributed by atoms with E-state index in [-0.39, 0.29) is 17.2 Å². The molecular weight excluding hydrogens is 526 g/mol. The highest BCUT2D eigenvalue weighted by molar-refractivity contribution is 8.18. The Kier molecular flexibility index (Phi) is 8.10. The SMILES string of the molecule is COc1cc(/C=C2/SC(=O)N(CC(=O)Nc3ccc(F)cc3F)C2=O)ccc1OCc1ccc(Cl)cc1. The van der Waals surface area contributed by atoms with Crippen LogP contribution in [0.2, 0.25) is 5.02 Å². The first-order valence-corrected chi connectivity index (χ1v) is 12.0. The number of benzene rings is 3. The zero-order chi connectivity index (χ0) is 26.5. The second kappa shape index (κ2) is 11.4. The van der Waals surface area contributed by atoms with Crippen molar-refractivity contribution in [3.05, 3.63) is 93.4 Å². The lowest BCUT2D eigenvalue weighted by Gasteiger charge is -2.13. The van der Waals surface area contributed by atoms with E-state index in [2.05, 4.69) is 5.32 Å². The molecule has 1 N–H and O–H groups in total. The monoisotopic (exact) mass is 544 g/mol. The van der Waals surface area contributed by atoms with Crippen LogP contribution in [0.3, 0.4) is 0 Å². The Morgan fingerprint density at radius 3 is 2.51 bits per heavy atom. The number of halogens is 3. The molecule has 3 amide bonds. The van der Waals surface area contributed by atoms with E-state index in [0.29, 0.717) is 39.9 Å². The van der Waals surface area contributed by atoms with Gasteiger partial charge in [-0.3, -0.25) is 19.3 Å². The molecule has 37 heavy (non-hydrogen) atoms. The van der Waals surface area contributed by atoms with E-state index in [4.69, 9.17) is 21.1 Å². The van der Waals surface area contributed by atoms with Crippen LogP contribution in [0.25, 0.3) is 6.08 Å². The molecule has 1 aliphatic heterocycles. The van der Waals surface area contributed by atoms with Crippen molar-refractivity contribution in [2.24, 2.45) is 0 Å². The number of amides is 3. The molecule has 11 heteroatoms. The van der Waals surface area contributed by atoms with Crippen molar-refractivity contribution in [1.82, 2.24) is 4.90 Å². The van der Waals surface area contributed by atoms with Crippen LogP contribution < -0.4 is 14.8 Å². The molecule has 3 aromatic carbocycles. The molecule has 4 rings (SSSR count). The Morgan fingerprint density at radius 1 is 1.05 bits per heavy atom. The fraction of sp³-hybridized carbons (Fsp3) is 0.115. The van der Waals surface area contributed by atoms with Crippen LogP contribution in [0.5, 0.6) is 11.5 Å². The number of hydrogen-bond donors (Lipinski definition) is 1. The zero-order valence-corrected chi connectivity index (χ0v) is 20.9. The van der Waals surface area contributed by atoms with Gasteiger partial charge in [-0.1, -0.05) is 29.8 Å². The molecule has 1 fully saturated rings. The topological polar surface area (TPSA) is 84.9 Å².